The minimum atomic E-state index is -0.169. The monoisotopic (exact) mass is 621 g/mol. The third-order valence-corrected chi connectivity index (χ3v) is 9.58. The molecule has 1 unspecified atom stereocenters. The van der Waals surface area contributed by atoms with E-state index in [1.54, 1.807) is 0 Å². The number of aromatic nitrogens is 3. The second kappa shape index (κ2) is 12.0. The zero-order chi connectivity index (χ0) is 32.7. The van der Waals surface area contributed by atoms with Crippen molar-refractivity contribution in [3.8, 4) is 45.3 Å². The number of nitrogens with zero attached hydrogens (tertiary/aromatic N) is 3. The number of allylic oxidation sites excluding steroid dienone is 3. The zero-order valence-electron chi connectivity index (χ0n) is 27.0. The summed E-state index contributed by atoms with van der Waals surface area (Å²) in [6.45, 7) is 4.52. The molecule has 232 valence electrons. The summed E-state index contributed by atoms with van der Waals surface area (Å²) in [4.78, 5) is 14.6. The Bertz CT molecular complexity index is 2160. The number of fused-ring (bicyclic) bond motifs is 3. The number of nitrogens with one attached hydrogen (secondary N) is 2. The number of hydrogen-bond donors (Lipinski definition) is 2. The molecule has 0 radical (unpaired) electrons. The fourth-order valence-corrected chi connectivity index (χ4v) is 7.11. The van der Waals surface area contributed by atoms with Gasteiger partial charge in [0.1, 0.15) is 0 Å². The Morgan fingerprint density at radius 3 is 1.83 bits per heavy atom. The highest BCUT2D eigenvalue weighted by atomic mass is 15.0. The molecule has 2 N–H and O–H groups in total. The molecule has 8 rings (SSSR count). The van der Waals surface area contributed by atoms with Gasteiger partial charge >= 0.3 is 0 Å². The molecule has 5 nitrogen and oxygen atoms in total. The van der Waals surface area contributed by atoms with Gasteiger partial charge in [0.15, 0.2) is 17.5 Å². The van der Waals surface area contributed by atoms with Crippen molar-refractivity contribution in [1.29, 1.82) is 5.41 Å². The molecule has 0 aliphatic heterocycles. The van der Waals surface area contributed by atoms with Crippen LogP contribution in [0.15, 0.2) is 145 Å². The van der Waals surface area contributed by atoms with E-state index in [9.17, 15) is 0 Å². The van der Waals surface area contributed by atoms with E-state index >= 15 is 0 Å². The van der Waals surface area contributed by atoms with Crippen molar-refractivity contribution < 1.29 is 0 Å². The third-order valence-electron chi connectivity index (χ3n) is 9.58. The van der Waals surface area contributed by atoms with Gasteiger partial charge in [0.25, 0.3) is 0 Å². The molecule has 48 heavy (non-hydrogen) atoms. The van der Waals surface area contributed by atoms with Gasteiger partial charge in [0.2, 0.25) is 0 Å². The van der Waals surface area contributed by atoms with E-state index in [0.29, 0.717) is 17.5 Å². The number of hydrogen-bond acceptors (Lipinski definition) is 5. The van der Waals surface area contributed by atoms with Gasteiger partial charge in [0.05, 0.1) is 0 Å². The van der Waals surface area contributed by atoms with Gasteiger partial charge in [-0.15, -0.1) is 0 Å². The van der Waals surface area contributed by atoms with Crippen LogP contribution in [-0.4, -0.2) is 21.2 Å². The summed E-state index contributed by atoms with van der Waals surface area (Å²) in [5.74, 6) is 2.24. The van der Waals surface area contributed by atoms with Gasteiger partial charge in [0, 0.05) is 51.2 Å². The van der Waals surface area contributed by atoms with E-state index in [0.717, 1.165) is 40.1 Å². The van der Waals surface area contributed by atoms with Crippen molar-refractivity contribution in [3.63, 3.8) is 0 Å². The average molecular weight is 622 g/mol. The average Bonchev–Trinajstić information content (AvgIpc) is 3.38. The van der Waals surface area contributed by atoms with Gasteiger partial charge in [-0.2, -0.15) is 0 Å². The van der Waals surface area contributed by atoms with E-state index in [1.807, 2.05) is 60.7 Å². The molecule has 5 heteroatoms. The van der Waals surface area contributed by atoms with Crippen LogP contribution in [0.3, 0.4) is 0 Å². The Labute approximate surface area is 281 Å². The first-order valence-electron chi connectivity index (χ1n) is 16.4. The predicted octanol–water partition coefficient (Wildman–Crippen LogP) is 10.2. The van der Waals surface area contributed by atoms with E-state index < -0.39 is 0 Å². The van der Waals surface area contributed by atoms with E-state index in [-0.39, 0.29) is 11.3 Å². The fraction of sp³-hybridized carbons (Fsp3) is 0.116. The van der Waals surface area contributed by atoms with Gasteiger partial charge in [-0.3, -0.25) is 0 Å². The lowest BCUT2D eigenvalue weighted by atomic mass is 9.80. The van der Waals surface area contributed by atoms with Crippen LogP contribution in [0.5, 0.6) is 0 Å². The first-order valence-corrected chi connectivity index (χ1v) is 16.4. The van der Waals surface area contributed by atoms with Crippen LogP contribution >= 0.6 is 0 Å². The molecular formula is C43H35N5. The molecule has 2 aliphatic carbocycles. The second-order valence-electron chi connectivity index (χ2n) is 12.9. The summed E-state index contributed by atoms with van der Waals surface area (Å²) in [5, 5.41) is 12.0. The topological polar surface area (TPSA) is 74.6 Å². The lowest BCUT2D eigenvalue weighted by molar-refractivity contribution is 0.659. The van der Waals surface area contributed by atoms with Crippen molar-refractivity contribution in [3.05, 3.63) is 168 Å². The predicted molar refractivity (Wildman–Crippen MR) is 196 cm³/mol. The van der Waals surface area contributed by atoms with Crippen LogP contribution < -0.4 is 5.32 Å². The molecule has 0 amide bonds. The summed E-state index contributed by atoms with van der Waals surface area (Å²) < 4.78 is 0. The van der Waals surface area contributed by atoms with E-state index in [2.05, 4.69) is 98.1 Å². The smallest absolute Gasteiger partial charge is 0.164 e. The SMILES string of the molecule is CC1(C)c2ccccc2-c2ccc(NC3=CCC(c4ccc(-c5nc(-c6ccccc6)nc(-c6ccccc6)n5)cc4)C=C3)c(C=N)c21. The Hall–Kier alpha value is -5.94. The summed E-state index contributed by atoms with van der Waals surface area (Å²) in [6.07, 6.45) is 9.06. The number of benzene rings is 5. The lowest BCUT2D eigenvalue weighted by Crippen LogP contribution is -2.18. The van der Waals surface area contributed by atoms with Crippen molar-refractivity contribution in [2.45, 2.75) is 31.6 Å². The minimum absolute atomic E-state index is 0.169. The van der Waals surface area contributed by atoms with Gasteiger partial charge < -0.3 is 10.7 Å². The maximum atomic E-state index is 8.37. The minimum Gasteiger partial charge on any atom is -0.355 e. The first kappa shape index (κ1) is 29.5. The summed E-state index contributed by atoms with van der Waals surface area (Å²) in [6, 6.07) is 41.6. The maximum absolute atomic E-state index is 8.37. The van der Waals surface area contributed by atoms with Gasteiger partial charge in [-0.1, -0.05) is 141 Å². The van der Waals surface area contributed by atoms with Crippen LogP contribution in [0.25, 0.3) is 45.3 Å². The van der Waals surface area contributed by atoms with Crippen molar-refractivity contribution in [2.75, 3.05) is 5.32 Å². The lowest BCUT2D eigenvalue weighted by Gasteiger charge is -2.25. The second-order valence-corrected chi connectivity index (χ2v) is 12.9. The highest BCUT2D eigenvalue weighted by Gasteiger charge is 2.37. The Balaban J connectivity index is 1.02. The summed E-state index contributed by atoms with van der Waals surface area (Å²) >= 11 is 0. The molecule has 1 aromatic heterocycles. The van der Waals surface area contributed by atoms with Crippen molar-refractivity contribution in [1.82, 2.24) is 15.0 Å². The standard InChI is InChI=1S/C43H35N5/c1-43(2)37-16-10-9-15-34(37)35-25-26-38(36(27-44)39(35)43)45-33-23-21-29(22-24-33)28-17-19-32(20-18-28)42-47-40(30-11-5-3-6-12-30)46-41(48-42)31-13-7-4-8-14-31/h3-21,23-27,29,44-45H,22H2,1-2H3. The van der Waals surface area contributed by atoms with Crippen LogP contribution in [0.1, 0.15) is 48.4 Å². The van der Waals surface area contributed by atoms with E-state index in [4.69, 9.17) is 20.4 Å². The fourth-order valence-electron chi connectivity index (χ4n) is 7.11. The normalized spacial score (nSPS) is 15.7. The molecular weight excluding hydrogens is 587 g/mol. The molecule has 2 aliphatic rings. The quantitative estimate of drug-likeness (QED) is 0.174. The first-order chi connectivity index (χ1) is 23.5. The third kappa shape index (κ3) is 5.23. The molecule has 0 saturated heterocycles. The molecule has 1 heterocycles. The van der Waals surface area contributed by atoms with Crippen LogP contribution in [0.4, 0.5) is 5.69 Å². The molecule has 0 saturated carbocycles. The Kier molecular flexibility index (Phi) is 7.37. The molecule has 6 aromatic rings. The summed E-state index contributed by atoms with van der Waals surface area (Å²) in [5.41, 5.74) is 11.9. The molecule has 0 spiro atoms. The maximum Gasteiger partial charge on any atom is 0.164 e. The Morgan fingerprint density at radius 2 is 1.25 bits per heavy atom. The number of anilines is 1. The molecule has 0 fully saturated rings. The van der Waals surface area contributed by atoms with Crippen LogP contribution in [-0.2, 0) is 5.41 Å². The van der Waals surface area contributed by atoms with Gasteiger partial charge in [-0.25, -0.2) is 15.0 Å². The molecule has 5 aromatic carbocycles. The largest absolute Gasteiger partial charge is 0.355 e. The van der Waals surface area contributed by atoms with Crippen molar-refractivity contribution in [2.24, 2.45) is 0 Å². The highest BCUT2D eigenvalue weighted by molar-refractivity contribution is 5.96. The zero-order valence-corrected chi connectivity index (χ0v) is 27.0. The summed E-state index contributed by atoms with van der Waals surface area (Å²) in [7, 11) is 0. The number of rotatable bonds is 7. The van der Waals surface area contributed by atoms with Crippen molar-refractivity contribution >= 4 is 11.9 Å². The van der Waals surface area contributed by atoms with Crippen LogP contribution in [0, 0.1) is 5.41 Å². The van der Waals surface area contributed by atoms with E-state index in [1.165, 1.54) is 34.0 Å². The van der Waals surface area contributed by atoms with Crippen LogP contribution in [0.2, 0.25) is 0 Å². The Morgan fingerprint density at radius 1 is 0.667 bits per heavy atom. The van der Waals surface area contributed by atoms with Gasteiger partial charge in [-0.05, 0) is 46.4 Å². The highest BCUT2D eigenvalue weighted by Crippen LogP contribution is 2.51. The molecule has 1 atom stereocenters. The molecule has 0 bridgehead atoms.